The van der Waals surface area contributed by atoms with Crippen molar-refractivity contribution in [2.45, 2.75) is 49.8 Å². The van der Waals surface area contributed by atoms with E-state index in [1.165, 1.54) is 0 Å². The third-order valence-corrected chi connectivity index (χ3v) is 4.94. The number of aliphatic imine (C=N–C) groups is 1. The molecule has 0 saturated heterocycles. The number of benzene rings is 1. The molecule has 1 fully saturated rings. The summed E-state index contributed by atoms with van der Waals surface area (Å²) in [6.07, 6.45) is 1.92. The number of ether oxygens (including phenoxy) is 1. The zero-order valence-electron chi connectivity index (χ0n) is 13.2. The first-order valence-electron chi connectivity index (χ1n) is 8.03. The largest absolute Gasteiger partial charge is 0.468 e. The third kappa shape index (κ3) is 2.91. The Bertz CT molecular complexity index is 706. The molecule has 1 aliphatic carbocycles. The van der Waals surface area contributed by atoms with Gasteiger partial charge in [-0.05, 0) is 31.7 Å². The van der Waals surface area contributed by atoms with Crippen LogP contribution in [0.25, 0.3) is 0 Å². The Labute approximate surface area is 145 Å². The second-order valence-electron chi connectivity index (χ2n) is 6.26. The van der Waals surface area contributed by atoms with E-state index in [-0.39, 0.29) is 12.2 Å². The summed E-state index contributed by atoms with van der Waals surface area (Å²) in [5.74, 6) is -0.202. The highest BCUT2D eigenvalue weighted by Crippen LogP contribution is 2.44. The fraction of sp³-hybridized carbons (Fsp3) is 0.471. The fourth-order valence-corrected chi connectivity index (χ4v) is 3.66. The smallest absolute Gasteiger partial charge is 0.217 e. The average Bonchev–Trinajstić information content (AvgIpc) is 2.53. The molecule has 0 aromatic heterocycles. The predicted octanol–water partition coefficient (Wildman–Crippen LogP) is 1.68. The third-order valence-electron chi connectivity index (χ3n) is 4.61. The van der Waals surface area contributed by atoms with Crippen LogP contribution in [0.3, 0.4) is 0 Å². The van der Waals surface area contributed by atoms with Gasteiger partial charge < -0.3 is 16.2 Å². The van der Waals surface area contributed by atoms with Gasteiger partial charge in [0.25, 0.3) is 0 Å². The maximum Gasteiger partial charge on any atom is 0.217 e. The van der Waals surface area contributed by atoms with Gasteiger partial charge in [0.1, 0.15) is 0 Å². The van der Waals surface area contributed by atoms with Gasteiger partial charge in [-0.25, -0.2) is 4.99 Å². The number of fused-ring (bicyclic) bond motifs is 2. The number of halogens is 1. The van der Waals surface area contributed by atoms with Crippen LogP contribution in [0.5, 0.6) is 0 Å². The molecule has 2 aliphatic rings. The van der Waals surface area contributed by atoms with E-state index in [1.807, 2.05) is 18.2 Å². The molecule has 4 N–H and O–H groups in total. The fourth-order valence-electron chi connectivity index (χ4n) is 3.36. The molecule has 2 bridgehead atoms. The molecule has 1 aromatic carbocycles. The maximum atomic E-state index is 12.9. The van der Waals surface area contributed by atoms with E-state index < -0.39 is 23.6 Å². The summed E-state index contributed by atoms with van der Waals surface area (Å²) in [7, 11) is 0. The summed E-state index contributed by atoms with van der Waals surface area (Å²) in [5.41, 5.74) is 10.9. The molecule has 7 heteroatoms. The van der Waals surface area contributed by atoms with Crippen LogP contribution in [0.2, 0.25) is 5.02 Å². The molecular weight excluding hydrogens is 330 g/mol. The molecule has 6 nitrogen and oxygen atoms in total. The number of nitrogens with zero attached hydrogens (tertiary/aromatic N) is 1. The number of hydrogen-bond acceptors (Lipinski definition) is 5. The summed E-state index contributed by atoms with van der Waals surface area (Å²) in [6, 6.07) is 6.65. The Hall–Kier alpha value is -1.92. The lowest BCUT2D eigenvalue weighted by Crippen LogP contribution is -2.54. The molecule has 1 aliphatic heterocycles. The lowest BCUT2D eigenvalue weighted by atomic mass is 9.73. The molecule has 3 atom stereocenters. The van der Waals surface area contributed by atoms with E-state index in [0.29, 0.717) is 35.7 Å². The standard InChI is InChI=1S/C17H20ClN3O3/c18-11-5-2-1-4-10(11)17-9-3-6-13(15(17)23)24-16(21-17)12(19)7-8-14(20)22/h1-2,4-5,12-13H,3,6-9,19H2,(H2,20,22)/t12-,13+,17+/m0/s1. The predicted molar refractivity (Wildman–Crippen MR) is 90.7 cm³/mol. The molecule has 1 heterocycles. The van der Waals surface area contributed by atoms with Gasteiger partial charge in [0, 0.05) is 17.0 Å². The van der Waals surface area contributed by atoms with Crippen molar-refractivity contribution in [1.82, 2.24) is 0 Å². The summed E-state index contributed by atoms with van der Waals surface area (Å²) in [5, 5.41) is 0.502. The van der Waals surface area contributed by atoms with Crippen LogP contribution in [0.4, 0.5) is 0 Å². The van der Waals surface area contributed by atoms with Crippen molar-refractivity contribution in [2.75, 3.05) is 0 Å². The van der Waals surface area contributed by atoms with E-state index in [2.05, 4.69) is 4.99 Å². The van der Waals surface area contributed by atoms with Crippen LogP contribution in [0, 0.1) is 0 Å². The number of nitrogens with two attached hydrogens (primary N) is 2. The molecule has 0 unspecified atom stereocenters. The van der Waals surface area contributed by atoms with E-state index in [1.54, 1.807) is 6.07 Å². The normalized spacial score (nSPS) is 27.2. The van der Waals surface area contributed by atoms with Crippen molar-refractivity contribution in [1.29, 1.82) is 0 Å². The zero-order chi connectivity index (χ0) is 17.3. The Morgan fingerprint density at radius 1 is 1.46 bits per heavy atom. The lowest BCUT2D eigenvalue weighted by molar-refractivity contribution is -0.137. The molecular formula is C17H20ClN3O3. The number of Topliss-reactive ketones (excluding diaryl/α,β-unsaturated/α-hetero) is 1. The molecule has 0 radical (unpaired) electrons. The van der Waals surface area contributed by atoms with Crippen LogP contribution in [0.15, 0.2) is 29.3 Å². The first-order valence-corrected chi connectivity index (χ1v) is 8.41. The molecule has 1 aromatic rings. The second-order valence-corrected chi connectivity index (χ2v) is 6.67. The summed E-state index contributed by atoms with van der Waals surface area (Å²) < 4.78 is 5.73. The van der Waals surface area contributed by atoms with E-state index in [9.17, 15) is 9.59 Å². The van der Waals surface area contributed by atoms with Crippen LogP contribution in [0.1, 0.15) is 37.7 Å². The van der Waals surface area contributed by atoms with Gasteiger partial charge in [0.05, 0.1) is 6.04 Å². The highest BCUT2D eigenvalue weighted by Gasteiger charge is 2.52. The Kier molecular flexibility index (Phi) is 4.60. The van der Waals surface area contributed by atoms with E-state index >= 15 is 0 Å². The number of rotatable bonds is 5. The van der Waals surface area contributed by atoms with Crippen molar-refractivity contribution < 1.29 is 14.3 Å². The van der Waals surface area contributed by atoms with Crippen molar-refractivity contribution in [3.05, 3.63) is 34.9 Å². The number of hydrogen-bond donors (Lipinski definition) is 2. The minimum atomic E-state index is -1.04. The van der Waals surface area contributed by atoms with Gasteiger partial charge in [-0.2, -0.15) is 0 Å². The first-order chi connectivity index (χ1) is 11.4. The van der Waals surface area contributed by atoms with Crippen molar-refractivity contribution in [3.63, 3.8) is 0 Å². The Balaban J connectivity index is 2.01. The summed E-state index contributed by atoms with van der Waals surface area (Å²) >= 11 is 6.34. The molecule has 1 saturated carbocycles. The molecule has 128 valence electrons. The van der Waals surface area contributed by atoms with Crippen LogP contribution in [-0.2, 0) is 19.9 Å². The molecule has 0 spiro atoms. The quantitative estimate of drug-likeness (QED) is 0.842. The second kappa shape index (κ2) is 6.53. The number of carbonyl (C=O) groups excluding carboxylic acids is 2. The average molecular weight is 350 g/mol. The summed E-state index contributed by atoms with van der Waals surface area (Å²) in [4.78, 5) is 28.5. The Morgan fingerprint density at radius 3 is 2.92 bits per heavy atom. The minimum absolute atomic E-state index is 0.0762. The highest BCUT2D eigenvalue weighted by molar-refractivity contribution is 6.32. The van der Waals surface area contributed by atoms with Crippen LogP contribution in [-0.4, -0.2) is 29.7 Å². The number of primary amides is 1. The van der Waals surface area contributed by atoms with Gasteiger partial charge in [-0.3, -0.25) is 9.59 Å². The van der Waals surface area contributed by atoms with Gasteiger partial charge in [0.2, 0.25) is 17.6 Å². The van der Waals surface area contributed by atoms with E-state index in [0.717, 1.165) is 6.42 Å². The summed E-state index contributed by atoms with van der Waals surface area (Å²) in [6.45, 7) is 0. The zero-order valence-corrected chi connectivity index (χ0v) is 14.0. The first kappa shape index (κ1) is 16.9. The lowest BCUT2D eigenvalue weighted by Gasteiger charge is -2.42. The number of ketones is 1. The molecule has 24 heavy (non-hydrogen) atoms. The number of carbonyl (C=O) groups is 2. The van der Waals surface area contributed by atoms with Gasteiger partial charge in [-0.15, -0.1) is 0 Å². The van der Waals surface area contributed by atoms with Crippen LogP contribution >= 0.6 is 11.6 Å². The SMILES string of the molecule is NC(=O)CC[C@H](N)C1=N[C@@]2(c3ccccc3Cl)CCC[C@@H](O1)C2=O. The molecule has 1 amide bonds. The minimum Gasteiger partial charge on any atom is -0.468 e. The highest BCUT2D eigenvalue weighted by atomic mass is 35.5. The van der Waals surface area contributed by atoms with Gasteiger partial charge >= 0.3 is 0 Å². The molecule has 3 rings (SSSR count). The van der Waals surface area contributed by atoms with Crippen molar-refractivity contribution in [2.24, 2.45) is 16.5 Å². The van der Waals surface area contributed by atoms with Gasteiger partial charge in [0.15, 0.2) is 11.6 Å². The number of amides is 1. The van der Waals surface area contributed by atoms with Crippen molar-refractivity contribution in [3.8, 4) is 0 Å². The topological polar surface area (TPSA) is 108 Å². The monoisotopic (exact) mass is 349 g/mol. The maximum absolute atomic E-state index is 12.9. The van der Waals surface area contributed by atoms with Gasteiger partial charge in [-0.1, -0.05) is 29.8 Å². The van der Waals surface area contributed by atoms with Crippen molar-refractivity contribution >= 4 is 29.2 Å². The van der Waals surface area contributed by atoms with E-state index in [4.69, 9.17) is 27.8 Å². The Morgan fingerprint density at radius 2 is 2.21 bits per heavy atom. The van der Waals surface area contributed by atoms with Crippen LogP contribution < -0.4 is 11.5 Å².